The first-order valence-electron chi connectivity index (χ1n) is 4.24. The Hall–Kier alpha value is -0.770. The molecule has 1 aliphatic rings. The van der Waals surface area contributed by atoms with E-state index in [0.717, 1.165) is 19.4 Å². The van der Waals surface area contributed by atoms with Gasteiger partial charge in [0.25, 0.3) is 0 Å². The van der Waals surface area contributed by atoms with Crippen LogP contribution in [0.3, 0.4) is 0 Å². The molecule has 0 radical (unpaired) electrons. The molecule has 3 N–H and O–H groups in total. The van der Waals surface area contributed by atoms with Crippen LogP contribution < -0.4 is 10.6 Å². The van der Waals surface area contributed by atoms with E-state index in [1.165, 1.54) is 0 Å². The van der Waals surface area contributed by atoms with Crippen molar-refractivity contribution in [3.05, 3.63) is 0 Å². The van der Waals surface area contributed by atoms with Crippen LogP contribution in [0.5, 0.6) is 0 Å². The first-order chi connectivity index (χ1) is 5.49. The molecule has 1 rings (SSSR count). The molecule has 1 fully saturated rings. The van der Waals surface area contributed by atoms with Gasteiger partial charge in [0.05, 0.1) is 0 Å². The summed E-state index contributed by atoms with van der Waals surface area (Å²) in [7, 11) is 0. The lowest BCUT2D eigenvalue weighted by Gasteiger charge is -2.35. The SMILES string of the molecule is CC1(C)CC[C@@H](NC(=O)O)CN1. The fourth-order valence-corrected chi connectivity index (χ4v) is 1.42. The van der Waals surface area contributed by atoms with Gasteiger partial charge >= 0.3 is 6.09 Å². The van der Waals surface area contributed by atoms with Crippen LogP contribution in [-0.4, -0.2) is 29.3 Å². The van der Waals surface area contributed by atoms with Gasteiger partial charge in [-0.15, -0.1) is 0 Å². The van der Waals surface area contributed by atoms with Crippen LogP contribution in [0.2, 0.25) is 0 Å². The molecule has 70 valence electrons. The molecule has 1 aliphatic heterocycles. The average Bonchev–Trinajstić information content (AvgIpc) is 1.93. The van der Waals surface area contributed by atoms with Gasteiger partial charge < -0.3 is 15.7 Å². The molecule has 0 saturated carbocycles. The molecular weight excluding hydrogens is 156 g/mol. The van der Waals surface area contributed by atoms with Crippen molar-refractivity contribution in [1.29, 1.82) is 0 Å². The molecule has 0 unspecified atom stereocenters. The zero-order chi connectivity index (χ0) is 9.19. The zero-order valence-electron chi connectivity index (χ0n) is 7.55. The largest absolute Gasteiger partial charge is 0.465 e. The van der Waals surface area contributed by atoms with Crippen molar-refractivity contribution in [1.82, 2.24) is 10.6 Å². The molecule has 1 heterocycles. The molecule has 1 amide bonds. The van der Waals surface area contributed by atoms with E-state index in [1.807, 2.05) is 0 Å². The Kier molecular flexibility index (Phi) is 2.57. The van der Waals surface area contributed by atoms with E-state index in [4.69, 9.17) is 5.11 Å². The minimum Gasteiger partial charge on any atom is -0.465 e. The Balaban J connectivity index is 2.31. The third-order valence-corrected chi connectivity index (χ3v) is 2.27. The van der Waals surface area contributed by atoms with Crippen LogP contribution in [0.4, 0.5) is 4.79 Å². The fraction of sp³-hybridized carbons (Fsp3) is 0.875. The van der Waals surface area contributed by atoms with Crippen molar-refractivity contribution in [3.8, 4) is 0 Å². The lowest BCUT2D eigenvalue weighted by molar-refractivity contribution is 0.180. The maximum Gasteiger partial charge on any atom is 0.404 e. The van der Waals surface area contributed by atoms with E-state index < -0.39 is 6.09 Å². The summed E-state index contributed by atoms with van der Waals surface area (Å²) in [6.45, 7) is 4.99. The molecule has 1 atom stereocenters. The predicted molar refractivity (Wildman–Crippen MR) is 46.3 cm³/mol. The summed E-state index contributed by atoms with van der Waals surface area (Å²) >= 11 is 0. The summed E-state index contributed by atoms with van der Waals surface area (Å²) in [5, 5.41) is 14.2. The highest BCUT2D eigenvalue weighted by Crippen LogP contribution is 2.17. The fourth-order valence-electron chi connectivity index (χ4n) is 1.42. The Bertz CT molecular complexity index is 170. The normalized spacial score (nSPS) is 28.0. The van der Waals surface area contributed by atoms with E-state index in [0.29, 0.717) is 0 Å². The smallest absolute Gasteiger partial charge is 0.404 e. The third-order valence-electron chi connectivity index (χ3n) is 2.27. The third kappa shape index (κ3) is 2.70. The molecule has 4 nitrogen and oxygen atoms in total. The topological polar surface area (TPSA) is 61.4 Å². The molecule has 12 heavy (non-hydrogen) atoms. The van der Waals surface area contributed by atoms with Crippen LogP contribution >= 0.6 is 0 Å². The lowest BCUT2D eigenvalue weighted by atomic mass is 9.91. The first kappa shape index (κ1) is 9.32. The van der Waals surface area contributed by atoms with Crippen LogP contribution in [0.15, 0.2) is 0 Å². The van der Waals surface area contributed by atoms with Crippen molar-refractivity contribution in [2.75, 3.05) is 6.54 Å². The predicted octanol–water partition coefficient (Wildman–Crippen LogP) is 0.785. The lowest BCUT2D eigenvalue weighted by Crippen LogP contribution is -2.53. The molecule has 1 saturated heterocycles. The van der Waals surface area contributed by atoms with E-state index in [1.54, 1.807) is 0 Å². The summed E-state index contributed by atoms with van der Waals surface area (Å²) in [5.41, 5.74) is 0.163. The quantitative estimate of drug-likeness (QED) is 0.548. The number of hydrogen-bond acceptors (Lipinski definition) is 2. The highest BCUT2D eigenvalue weighted by molar-refractivity contribution is 5.64. The van der Waals surface area contributed by atoms with E-state index in [-0.39, 0.29) is 11.6 Å². The number of hydrogen-bond donors (Lipinski definition) is 3. The zero-order valence-corrected chi connectivity index (χ0v) is 7.55. The standard InChI is InChI=1S/C8H16N2O2/c1-8(2)4-3-6(5-9-8)10-7(11)12/h6,9-10H,3-5H2,1-2H3,(H,11,12)/t6-/m1/s1. The molecule has 0 aromatic heterocycles. The summed E-state index contributed by atoms with van der Waals surface area (Å²) < 4.78 is 0. The van der Waals surface area contributed by atoms with E-state index >= 15 is 0 Å². The molecule has 0 bridgehead atoms. The highest BCUT2D eigenvalue weighted by atomic mass is 16.4. The molecule has 0 aromatic rings. The summed E-state index contributed by atoms with van der Waals surface area (Å²) in [5.74, 6) is 0. The van der Waals surface area contributed by atoms with Crippen LogP contribution in [0.25, 0.3) is 0 Å². The summed E-state index contributed by atoms with van der Waals surface area (Å²) in [6.07, 6.45) is 1.01. The second-order valence-corrected chi connectivity index (χ2v) is 3.95. The molecule has 0 aliphatic carbocycles. The summed E-state index contributed by atoms with van der Waals surface area (Å²) in [6, 6.07) is 0.0792. The minimum absolute atomic E-state index is 0.0792. The van der Waals surface area contributed by atoms with Gasteiger partial charge in [-0.1, -0.05) is 0 Å². The highest BCUT2D eigenvalue weighted by Gasteiger charge is 2.26. The number of nitrogens with one attached hydrogen (secondary N) is 2. The van der Waals surface area contributed by atoms with Crippen molar-refractivity contribution < 1.29 is 9.90 Å². The maximum atomic E-state index is 10.3. The Morgan fingerprint density at radius 2 is 2.33 bits per heavy atom. The number of piperidine rings is 1. The van der Waals surface area contributed by atoms with Crippen molar-refractivity contribution in [3.63, 3.8) is 0 Å². The van der Waals surface area contributed by atoms with Crippen molar-refractivity contribution in [2.24, 2.45) is 0 Å². The molecule has 4 heteroatoms. The van der Waals surface area contributed by atoms with Gasteiger partial charge in [0.1, 0.15) is 0 Å². The number of carboxylic acid groups (broad SMARTS) is 1. The maximum absolute atomic E-state index is 10.3. The van der Waals surface area contributed by atoms with Gasteiger partial charge in [-0.3, -0.25) is 0 Å². The van der Waals surface area contributed by atoms with E-state index in [2.05, 4.69) is 24.5 Å². The summed E-state index contributed by atoms with van der Waals surface area (Å²) in [4.78, 5) is 10.3. The minimum atomic E-state index is -0.929. The Morgan fingerprint density at radius 3 is 2.75 bits per heavy atom. The van der Waals surface area contributed by atoms with Crippen LogP contribution in [0.1, 0.15) is 26.7 Å². The Morgan fingerprint density at radius 1 is 1.67 bits per heavy atom. The molecule has 0 spiro atoms. The van der Waals surface area contributed by atoms with Gasteiger partial charge in [-0.2, -0.15) is 0 Å². The van der Waals surface area contributed by atoms with Gasteiger partial charge in [0.15, 0.2) is 0 Å². The van der Waals surface area contributed by atoms with Crippen molar-refractivity contribution >= 4 is 6.09 Å². The second kappa shape index (κ2) is 3.31. The number of carbonyl (C=O) groups is 1. The van der Waals surface area contributed by atoms with Gasteiger partial charge in [-0.25, -0.2) is 4.79 Å². The van der Waals surface area contributed by atoms with Crippen molar-refractivity contribution in [2.45, 2.75) is 38.3 Å². The van der Waals surface area contributed by atoms with E-state index in [9.17, 15) is 4.79 Å². The van der Waals surface area contributed by atoms with Gasteiger partial charge in [-0.05, 0) is 26.7 Å². The number of rotatable bonds is 1. The number of amides is 1. The van der Waals surface area contributed by atoms with Crippen LogP contribution in [-0.2, 0) is 0 Å². The first-order valence-corrected chi connectivity index (χ1v) is 4.24. The molecule has 0 aromatic carbocycles. The Labute approximate surface area is 72.3 Å². The second-order valence-electron chi connectivity index (χ2n) is 3.95. The van der Waals surface area contributed by atoms with Gasteiger partial charge in [0, 0.05) is 18.1 Å². The molecular formula is C8H16N2O2. The monoisotopic (exact) mass is 172 g/mol. The van der Waals surface area contributed by atoms with Gasteiger partial charge in [0.2, 0.25) is 0 Å². The average molecular weight is 172 g/mol. The van der Waals surface area contributed by atoms with Crippen LogP contribution in [0, 0.1) is 0 Å².